The van der Waals surface area contributed by atoms with Crippen molar-refractivity contribution in [3.05, 3.63) is 24.3 Å². The molecule has 1 unspecified atom stereocenters. The van der Waals surface area contributed by atoms with Gasteiger partial charge in [0.05, 0.1) is 5.69 Å². The van der Waals surface area contributed by atoms with Crippen LogP contribution in [-0.2, 0) is 10.0 Å². The van der Waals surface area contributed by atoms with Crippen LogP contribution < -0.4 is 15.8 Å². The summed E-state index contributed by atoms with van der Waals surface area (Å²) in [5, 5.41) is 3.22. The number of rotatable bonds is 7. The van der Waals surface area contributed by atoms with Crippen molar-refractivity contribution < 1.29 is 8.42 Å². The van der Waals surface area contributed by atoms with Crippen LogP contribution in [-0.4, -0.2) is 27.5 Å². The van der Waals surface area contributed by atoms with Crippen LogP contribution in [0.25, 0.3) is 0 Å². The van der Waals surface area contributed by atoms with Gasteiger partial charge in [-0.1, -0.05) is 32.9 Å². The summed E-state index contributed by atoms with van der Waals surface area (Å²) in [4.78, 5) is 0.260. The van der Waals surface area contributed by atoms with Crippen molar-refractivity contribution in [1.29, 1.82) is 0 Å². The average Bonchev–Trinajstić information content (AvgIpc) is 2.35. The number of nitrogens with two attached hydrogens (primary N) is 1. The third-order valence-electron chi connectivity index (χ3n) is 2.91. The van der Waals surface area contributed by atoms with E-state index in [2.05, 4.69) is 10.0 Å². The molecule has 0 saturated heterocycles. The lowest BCUT2D eigenvalue weighted by Crippen LogP contribution is -2.34. The molecule has 5 nitrogen and oxygen atoms in total. The van der Waals surface area contributed by atoms with Gasteiger partial charge in [0, 0.05) is 19.1 Å². The lowest BCUT2D eigenvalue weighted by Gasteiger charge is -2.23. The minimum Gasteiger partial charge on any atom is -0.380 e. The first-order chi connectivity index (χ1) is 8.92. The second-order valence-electron chi connectivity index (χ2n) is 4.73. The van der Waals surface area contributed by atoms with Crippen LogP contribution in [0, 0.1) is 5.92 Å². The van der Waals surface area contributed by atoms with Crippen molar-refractivity contribution in [3.63, 3.8) is 0 Å². The minimum absolute atomic E-state index is 0.0398. The topological polar surface area (TPSA) is 84.2 Å². The normalized spacial score (nSPS) is 13.5. The third kappa shape index (κ3) is 4.19. The predicted octanol–water partition coefficient (Wildman–Crippen LogP) is 1.38. The molecule has 0 fully saturated rings. The van der Waals surface area contributed by atoms with Crippen molar-refractivity contribution in [1.82, 2.24) is 4.72 Å². The Morgan fingerprint density at radius 3 is 2.42 bits per heavy atom. The fourth-order valence-corrected chi connectivity index (χ4v) is 3.00. The highest BCUT2D eigenvalue weighted by Gasteiger charge is 2.19. The monoisotopic (exact) mass is 285 g/mol. The molecule has 0 aliphatic rings. The van der Waals surface area contributed by atoms with Crippen molar-refractivity contribution in [2.24, 2.45) is 11.7 Å². The summed E-state index contributed by atoms with van der Waals surface area (Å²) in [6, 6.07) is 6.91. The maximum Gasteiger partial charge on any atom is 0.242 e. The smallest absolute Gasteiger partial charge is 0.242 e. The molecule has 1 atom stereocenters. The van der Waals surface area contributed by atoms with E-state index in [0.717, 1.165) is 0 Å². The van der Waals surface area contributed by atoms with Crippen LogP contribution >= 0.6 is 0 Å². The Bertz CT molecular complexity index is 500. The summed E-state index contributed by atoms with van der Waals surface area (Å²) in [5.41, 5.74) is 6.30. The van der Waals surface area contributed by atoms with Crippen LogP contribution in [0.1, 0.15) is 20.8 Å². The molecule has 19 heavy (non-hydrogen) atoms. The van der Waals surface area contributed by atoms with Crippen LogP contribution in [0.3, 0.4) is 0 Å². The first kappa shape index (κ1) is 15.9. The van der Waals surface area contributed by atoms with Gasteiger partial charge in [0.15, 0.2) is 0 Å². The molecule has 0 aliphatic heterocycles. The average molecular weight is 285 g/mol. The van der Waals surface area contributed by atoms with E-state index in [4.69, 9.17) is 5.73 Å². The molecule has 0 aliphatic carbocycles. The summed E-state index contributed by atoms with van der Waals surface area (Å²) >= 11 is 0. The van der Waals surface area contributed by atoms with Crippen molar-refractivity contribution in [2.75, 3.05) is 18.4 Å². The Morgan fingerprint density at radius 2 is 1.89 bits per heavy atom. The molecule has 6 heteroatoms. The molecular weight excluding hydrogens is 262 g/mol. The number of para-hydroxylation sites is 1. The Morgan fingerprint density at radius 1 is 1.26 bits per heavy atom. The minimum atomic E-state index is -3.47. The number of benzene rings is 1. The zero-order chi connectivity index (χ0) is 14.5. The molecule has 0 heterocycles. The van der Waals surface area contributed by atoms with E-state index in [1.54, 1.807) is 31.2 Å². The number of hydrogen-bond acceptors (Lipinski definition) is 4. The third-order valence-corrected chi connectivity index (χ3v) is 4.51. The molecule has 1 aromatic carbocycles. The Kier molecular flexibility index (Phi) is 5.78. The summed E-state index contributed by atoms with van der Waals surface area (Å²) in [6.07, 6.45) is 0. The van der Waals surface area contributed by atoms with Crippen molar-refractivity contribution in [2.45, 2.75) is 31.7 Å². The van der Waals surface area contributed by atoms with Gasteiger partial charge in [-0.05, 0) is 18.1 Å². The summed E-state index contributed by atoms with van der Waals surface area (Å²) < 4.78 is 26.7. The van der Waals surface area contributed by atoms with Gasteiger partial charge in [-0.25, -0.2) is 13.1 Å². The van der Waals surface area contributed by atoms with Gasteiger partial charge in [0.25, 0.3) is 0 Å². The van der Waals surface area contributed by atoms with Gasteiger partial charge < -0.3 is 11.1 Å². The highest BCUT2D eigenvalue weighted by Crippen LogP contribution is 2.22. The fraction of sp³-hybridized carbons (Fsp3) is 0.538. The molecular formula is C13H23N3O2S. The van der Waals surface area contributed by atoms with Gasteiger partial charge in [0.2, 0.25) is 10.0 Å². The zero-order valence-corrected chi connectivity index (χ0v) is 12.5. The molecule has 0 spiro atoms. The fourth-order valence-electron chi connectivity index (χ4n) is 1.79. The van der Waals surface area contributed by atoms with E-state index in [0.29, 0.717) is 24.7 Å². The first-order valence-electron chi connectivity index (χ1n) is 6.47. The van der Waals surface area contributed by atoms with E-state index >= 15 is 0 Å². The second-order valence-corrected chi connectivity index (χ2v) is 6.46. The van der Waals surface area contributed by atoms with Gasteiger partial charge in [0.1, 0.15) is 4.90 Å². The van der Waals surface area contributed by atoms with Crippen molar-refractivity contribution in [3.8, 4) is 0 Å². The number of anilines is 1. The summed E-state index contributed by atoms with van der Waals surface area (Å²) in [5.74, 6) is 0.319. The molecule has 108 valence electrons. The molecule has 0 amide bonds. The highest BCUT2D eigenvalue weighted by atomic mass is 32.2. The molecule has 1 rings (SSSR count). The quantitative estimate of drug-likeness (QED) is 0.706. The Balaban J connectivity index is 3.09. The number of nitrogens with one attached hydrogen (secondary N) is 2. The van der Waals surface area contributed by atoms with Crippen LogP contribution in [0.4, 0.5) is 5.69 Å². The second kappa shape index (κ2) is 6.88. The van der Waals surface area contributed by atoms with Crippen LogP contribution in [0.5, 0.6) is 0 Å². The largest absolute Gasteiger partial charge is 0.380 e. The number of hydrogen-bond donors (Lipinski definition) is 3. The van der Waals surface area contributed by atoms with E-state index in [1.165, 1.54) is 0 Å². The summed E-state index contributed by atoms with van der Waals surface area (Å²) in [7, 11) is -3.47. The molecule has 0 bridgehead atoms. The molecule has 0 saturated carbocycles. The lowest BCUT2D eigenvalue weighted by molar-refractivity contribution is 0.530. The van der Waals surface area contributed by atoms with Gasteiger partial charge in [-0.3, -0.25) is 0 Å². The van der Waals surface area contributed by atoms with E-state index in [-0.39, 0.29) is 10.9 Å². The molecule has 0 radical (unpaired) electrons. The van der Waals surface area contributed by atoms with E-state index in [9.17, 15) is 8.42 Å². The standard InChI is InChI=1S/C13H23N3O2S/c1-4-15-19(17,18)13-8-6-5-7-11(13)16-12(9-14)10(2)3/h5-8,10,12,15-16H,4,9,14H2,1-3H3. The van der Waals surface area contributed by atoms with Crippen molar-refractivity contribution >= 4 is 15.7 Å². The van der Waals surface area contributed by atoms with Gasteiger partial charge in [-0.15, -0.1) is 0 Å². The number of sulfonamides is 1. The predicted molar refractivity (Wildman–Crippen MR) is 78.6 cm³/mol. The van der Waals surface area contributed by atoms with Gasteiger partial charge >= 0.3 is 0 Å². The van der Waals surface area contributed by atoms with E-state index in [1.807, 2.05) is 13.8 Å². The van der Waals surface area contributed by atoms with Crippen LogP contribution in [0.2, 0.25) is 0 Å². The van der Waals surface area contributed by atoms with Crippen LogP contribution in [0.15, 0.2) is 29.2 Å². The molecule has 1 aromatic rings. The van der Waals surface area contributed by atoms with Gasteiger partial charge in [-0.2, -0.15) is 0 Å². The Hall–Kier alpha value is -1.11. The maximum atomic E-state index is 12.1. The highest BCUT2D eigenvalue weighted by molar-refractivity contribution is 7.89. The summed E-state index contributed by atoms with van der Waals surface area (Å²) in [6.45, 7) is 6.66. The lowest BCUT2D eigenvalue weighted by atomic mass is 10.0. The SMILES string of the molecule is CCNS(=O)(=O)c1ccccc1NC(CN)C(C)C. The molecule has 4 N–H and O–H groups in total. The maximum absolute atomic E-state index is 12.1. The first-order valence-corrected chi connectivity index (χ1v) is 7.96. The van der Waals surface area contributed by atoms with E-state index < -0.39 is 10.0 Å². The Labute approximate surface area is 115 Å². The zero-order valence-electron chi connectivity index (χ0n) is 11.7. The molecule has 0 aromatic heterocycles.